The lowest BCUT2D eigenvalue weighted by molar-refractivity contribution is 0.0904. The van der Waals surface area contributed by atoms with E-state index >= 15 is 0 Å². The molecule has 0 radical (unpaired) electrons. The summed E-state index contributed by atoms with van der Waals surface area (Å²) in [5, 5.41) is 15.4. The number of benzene rings is 2. The van der Waals surface area contributed by atoms with Crippen molar-refractivity contribution in [2.75, 3.05) is 6.54 Å². The van der Waals surface area contributed by atoms with E-state index < -0.39 is 6.10 Å². The van der Waals surface area contributed by atoms with Gasteiger partial charge in [-0.1, -0.05) is 42.5 Å². The van der Waals surface area contributed by atoms with Gasteiger partial charge in [0.2, 0.25) is 0 Å². The molecule has 2 aromatic carbocycles. The minimum absolute atomic E-state index is 0.182. The summed E-state index contributed by atoms with van der Waals surface area (Å²) in [4.78, 5) is 16.8. The van der Waals surface area contributed by atoms with Gasteiger partial charge in [-0.15, -0.1) is 0 Å². The monoisotopic (exact) mass is 371 g/mol. The van der Waals surface area contributed by atoms with Crippen LogP contribution in [-0.4, -0.2) is 33.2 Å². The van der Waals surface area contributed by atoms with E-state index in [4.69, 9.17) is 0 Å². The average Bonchev–Trinajstić information content (AvgIpc) is 3.15. The number of aromatic nitrogens is 2. The van der Waals surface area contributed by atoms with E-state index in [1.165, 1.54) is 0 Å². The van der Waals surface area contributed by atoms with E-state index in [-0.39, 0.29) is 12.5 Å². The van der Waals surface area contributed by atoms with E-state index in [0.29, 0.717) is 12.1 Å². The smallest absolute Gasteiger partial charge is 0.251 e. The summed E-state index contributed by atoms with van der Waals surface area (Å²) in [5.41, 5.74) is 2.24. The largest absolute Gasteiger partial charge is 0.389 e. The molecular weight excluding hydrogens is 350 g/mol. The van der Waals surface area contributed by atoms with Gasteiger partial charge in [-0.05, 0) is 35.0 Å². The second-order valence-electron chi connectivity index (χ2n) is 6.74. The molecule has 2 aromatic heterocycles. The first-order chi connectivity index (χ1) is 13.7. The Morgan fingerprint density at radius 1 is 1.00 bits per heavy atom. The van der Waals surface area contributed by atoms with Crippen LogP contribution in [0.4, 0.5) is 0 Å². The van der Waals surface area contributed by atoms with Gasteiger partial charge < -0.3 is 15.0 Å². The highest BCUT2D eigenvalue weighted by molar-refractivity contribution is 5.95. The summed E-state index contributed by atoms with van der Waals surface area (Å²) in [6, 6.07) is 21.0. The van der Waals surface area contributed by atoms with Crippen molar-refractivity contribution in [2.45, 2.75) is 12.6 Å². The first-order valence-electron chi connectivity index (χ1n) is 9.21. The lowest BCUT2D eigenvalue weighted by atomic mass is 10.1. The Hall–Kier alpha value is -3.44. The summed E-state index contributed by atoms with van der Waals surface area (Å²) in [7, 11) is 0. The van der Waals surface area contributed by atoms with Gasteiger partial charge in [0.05, 0.1) is 11.8 Å². The molecule has 0 saturated carbocycles. The standard InChI is InChI=1S/C23H21N3O2/c27-21(16-26-14-19-6-1-2-7-20(19)15-26)13-25-23(28)18-9-5-8-17(12-18)22-10-3-4-11-24-22/h1-12,14-15,21,27H,13,16H2,(H,25,28). The Morgan fingerprint density at radius 3 is 2.46 bits per heavy atom. The Balaban J connectivity index is 1.37. The average molecular weight is 371 g/mol. The molecule has 28 heavy (non-hydrogen) atoms. The van der Waals surface area contributed by atoms with E-state index in [1.807, 2.05) is 77.6 Å². The molecule has 2 N–H and O–H groups in total. The molecule has 0 aliphatic rings. The third-order valence-corrected chi connectivity index (χ3v) is 4.61. The van der Waals surface area contributed by atoms with Gasteiger partial charge in [0.1, 0.15) is 0 Å². The van der Waals surface area contributed by atoms with Crippen molar-refractivity contribution in [2.24, 2.45) is 0 Å². The van der Waals surface area contributed by atoms with E-state index in [2.05, 4.69) is 10.3 Å². The highest BCUT2D eigenvalue weighted by Gasteiger charge is 2.11. The Morgan fingerprint density at radius 2 is 1.75 bits per heavy atom. The van der Waals surface area contributed by atoms with E-state index in [0.717, 1.165) is 22.0 Å². The molecule has 4 aromatic rings. The van der Waals surface area contributed by atoms with Crippen molar-refractivity contribution < 1.29 is 9.90 Å². The molecule has 0 saturated heterocycles. The fourth-order valence-corrected chi connectivity index (χ4v) is 3.22. The number of carbonyl (C=O) groups is 1. The van der Waals surface area contributed by atoms with Crippen LogP contribution in [0.15, 0.2) is 85.3 Å². The maximum atomic E-state index is 12.5. The number of nitrogens with one attached hydrogen (secondary N) is 1. The Kier molecular flexibility index (Phi) is 5.17. The normalized spacial score (nSPS) is 12.0. The molecule has 0 fully saturated rings. The summed E-state index contributed by atoms with van der Waals surface area (Å²) >= 11 is 0. The fourth-order valence-electron chi connectivity index (χ4n) is 3.22. The minimum atomic E-state index is -0.676. The van der Waals surface area contributed by atoms with Gasteiger partial charge in [-0.25, -0.2) is 0 Å². The lowest BCUT2D eigenvalue weighted by Crippen LogP contribution is -2.34. The highest BCUT2D eigenvalue weighted by Crippen LogP contribution is 2.18. The van der Waals surface area contributed by atoms with Crippen molar-refractivity contribution in [3.8, 4) is 11.3 Å². The quantitative estimate of drug-likeness (QED) is 0.545. The molecule has 0 aliphatic carbocycles. The topological polar surface area (TPSA) is 67.2 Å². The zero-order valence-electron chi connectivity index (χ0n) is 15.3. The second kappa shape index (κ2) is 8.06. The summed E-state index contributed by atoms with van der Waals surface area (Å²) in [5.74, 6) is -0.213. The molecule has 4 rings (SSSR count). The molecule has 1 atom stereocenters. The molecule has 5 nitrogen and oxygen atoms in total. The van der Waals surface area contributed by atoms with Gasteiger partial charge in [-0.3, -0.25) is 9.78 Å². The zero-order valence-corrected chi connectivity index (χ0v) is 15.3. The van der Waals surface area contributed by atoms with Crippen LogP contribution < -0.4 is 5.32 Å². The predicted octanol–water partition coefficient (Wildman–Crippen LogP) is 3.49. The van der Waals surface area contributed by atoms with Crippen molar-refractivity contribution in [1.82, 2.24) is 14.9 Å². The fraction of sp³-hybridized carbons (Fsp3) is 0.130. The maximum absolute atomic E-state index is 12.5. The molecule has 5 heteroatoms. The zero-order chi connectivity index (χ0) is 19.3. The molecule has 1 amide bonds. The van der Waals surface area contributed by atoms with Crippen molar-refractivity contribution >= 4 is 16.7 Å². The molecule has 0 bridgehead atoms. The first-order valence-corrected chi connectivity index (χ1v) is 9.21. The summed E-state index contributed by atoms with van der Waals surface area (Å²) in [6.45, 7) is 0.601. The van der Waals surface area contributed by atoms with Gasteiger partial charge in [0.15, 0.2) is 0 Å². The van der Waals surface area contributed by atoms with Crippen LogP contribution in [0.1, 0.15) is 10.4 Å². The number of amides is 1. The molecule has 140 valence electrons. The summed E-state index contributed by atoms with van der Waals surface area (Å²) < 4.78 is 1.95. The SMILES string of the molecule is O=C(NCC(O)Cn1cc2ccccc2c1)c1cccc(-c2ccccn2)c1. The van der Waals surface area contributed by atoms with Crippen LogP contribution in [0.5, 0.6) is 0 Å². The van der Waals surface area contributed by atoms with Crippen LogP contribution in [-0.2, 0) is 6.54 Å². The second-order valence-corrected chi connectivity index (χ2v) is 6.74. The van der Waals surface area contributed by atoms with Crippen molar-refractivity contribution in [3.63, 3.8) is 0 Å². The number of aliphatic hydroxyl groups is 1. The third-order valence-electron chi connectivity index (χ3n) is 4.61. The summed E-state index contributed by atoms with van der Waals surface area (Å²) in [6.07, 6.45) is 5.04. The number of hydrogen-bond acceptors (Lipinski definition) is 3. The molecular formula is C23H21N3O2. The lowest BCUT2D eigenvalue weighted by Gasteiger charge is -2.13. The number of nitrogens with zero attached hydrogens (tertiary/aromatic N) is 2. The maximum Gasteiger partial charge on any atom is 0.251 e. The molecule has 0 aliphatic heterocycles. The van der Waals surface area contributed by atoms with Crippen LogP contribution in [0, 0.1) is 0 Å². The van der Waals surface area contributed by atoms with Crippen molar-refractivity contribution in [1.29, 1.82) is 0 Å². The van der Waals surface area contributed by atoms with Crippen molar-refractivity contribution in [3.05, 3.63) is 90.9 Å². The Bertz CT molecular complexity index is 1060. The number of pyridine rings is 1. The van der Waals surface area contributed by atoms with Crippen LogP contribution in [0.25, 0.3) is 22.0 Å². The van der Waals surface area contributed by atoms with E-state index in [1.54, 1.807) is 12.3 Å². The number of aliphatic hydroxyl groups excluding tert-OH is 1. The number of carbonyl (C=O) groups excluding carboxylic acids is 1. The van der Waals surface area contributed by atoms with Gasteiger partial charge in [-0.2, -0.15) is 0 Å². The Labute approximate surface area is 163 Å². The number of hydrogen-bond donors (Lipinski definition) is 2. The van der Waals surface area contributed by atoms with E-state index in [9.17, 15) is 9.90 Å². The number of fused-ring (bicyclic) bond motifs is 1. The van der Waals surface area contributed by atoms with Crippen LogP contribution in [0.3, 0.4) is 0 Å². The van der Waals surface area contributed by atoms with Crippen LogP contribution >= 0.6 is 0 Å². The minimum Gasteiger partial charge on any atom is -0.389 e. The highest BCUT2D eigenvalue weighted by atomic mass is 16.3. The predicted molar refractivity (Wildman–Crippen MR) is 110 cm³/mol. The van der Waals surface area contributed by atoms with Gasteiger partial charge in [0.25, 0.3) is 5.91 Å². The van der Waals surface area contributed by atoms with Gasteiger partial charge >= 0.3 is 0 Å². The number of rotatable bonds is 6. The molecule has 2 heterocycles. The van der Waals surface area contributed by atoms with Gasteiger partial charge in [0, 0.05) is 42.8 Å². The van der Waals surface area contributed by atoms with Crippen LogP contribution in [0.2, 0.25) is 0 Å². The first kappa shape index (κ1) is 17.9. The third kappa shape index (κ3) is 4.10. The molecule has 0 spiro atoms. The molecule has 1 unspecified atom stereocenters.